The van der Waals surface area contributed by atoms with E-state index in [0.29, 0.717) is 23.4 Å². The molecule has 2 aromatic rings. The predicted octanol–water partition coefficient (Wildman–Crippen LogP) is 1.44. The van der Waals surface area contributed by atoms with E-state index < -0.39 is 17.7 Å². The summed E-state index contributed by atoms with van der Waals surface area (Å²) in [6.45, 7) is 7.19. The lowest BCUT2D eigenvalue weighted by atomic mass is 9.96. The summed E-state index contributed by atoms with van der Waals surface area (Å²) in [6, 6.07) is 9.66. The molecule has 7 heteroatoms. The number of amides is 1. The van der Waals surface area contributed by atoms with Crippen molar-refractivity contribution in [2.24, 2.45) is 0 Å². The van der Waals surface area contributed by atoms with Gasteiger partial charge in [0.1, 0.15) is 11.5 Å². The number of quaternary nitrogens is 1. The molecule has 0 radical (unpaired) electrons. The summed E-state index contributed by atoms with van der Waals surface area (Å²) in [4.78, 5) is 32.9. The molecule has 0 spiro atoms. The van der Waals surface area contributed by atoms with Gasteiger partial charge < -0.3 is 19.6 Å². The van der Waals surface area contributed by atoms with Crippen molar-refractivity contribution < 1.29 is 24.3 Å². The van der Waals surface area contributed by atoms with Crippen LogP contribution in [0.3, 0.4) is 0 Å². The van der Waals surface area contributed by atoms with Crippen molar-refractivity contribution in [3.05, 3.63) is 65.5 Å². The number of ether oxygens (including phenoxy) is 1. The van der Waals surface area contributed by atoms with Crippen molar-refractivity contribution in [3.63, 3.8) is 0 Å². The van der Waals surface area contributed by atoms with Gasteiger partial charge in [-0.15, -0.1) is 0 Å². The Kier molecular flexibility index (Phi) is 6.84. The molecule has 1 fully saturated rings. The smallest absolute Gasteiger partial charge is 0.295 e. The molecule has 2 heterocycles. The number of ketones is 1. The van der Waals surface area contributed by atoms with Gasteiger partial charge in [0, 0.05) is 18.0 Å². The lowest BCUT2D eigenvalue weighted by molar-refractivity contribution is -0.895. The van der Waals surface area contributed by atoms with Gasteiger partial charge >= 0.3 is 0 Å². The van der Waals surface area contributed by atoms with Gasteiger partial charge in [0.25, 0.3) is 11.7 Å². The Bertz CT molecular complexity index is 921. The minimum absolute atomic E-state index is 0.0905. The number of hydrogen-bond donors (Lipinski definition) is 2. The van der Waals surface area contributed by atoms with Gasteiger partial charge in [-0.3, -0.25) is 14.6 Å². The van der Waals surface area contributed by atoms with Gasteiger partial charge in [-0.2, -0.15) is 0 Å². The first-order chi connectivity index (χ1) is 14.5. The van der Waals surface area contributed by atoms with Crippen LogP contribution >= 0.6 is 0 Å². The summed E-state index contributed by atoms with van der Waals surface area (Å²) >= 11 is 0. The molecule has 1 aliphatic heterocycles. The molecule has 0 bridgehead atoms. The first-order valence-corrected chi connectivity index (χ1v) is 10.2. The fourth-order valence-electron chi connectivity index (χ4n) is 3.78. The number of likely N-dealkylation sites (N-methyl/N-ethyl adjacent to an activating group) is 1. The minimum atomic E-state index is -0.674. The van der Waals surface area contributed by atoms with Crippen LogP contribution in [0.2, 0.25) is 0 Å². The summed E-state index contributed by atoms with van der Waals surface area (Å²) in [6.07, 6.45) is 3.27. The maximum Gasteiger partial charge on any atom is 0.295 e. The summed E-state index contributed by atoms with van der Waals surface area (Å²) < 4.78 is 5.16. The van der Waals surface area contributed by atoms with Crippen LogP contribution in [0.15, 0.2) is 54.4 Å². The van der Waals surface area contributed by atoms with Crippen molar-refractivity contribution in [1.29, 1.82) is 0 Å². The third-order valence-electron chi connectivity index (χ3n) is 5.61. The fraction of sp³-hybridized carbons (Fsp3) is 0.348. The second-order valence-electron chi connectivity index (χ2n) is 7.21. The topological polar surface area (TPSA) is 84.2 Å². The van der Waals surface area contributed by atoms with Gasteiger partial charge in [-0.25, -0.2) is 0 Å². The quantitative estimate of drug-likeness (QED) is 0.391. The van der Waals surface area contributed by atoms with Gasteiger partial charge in [0.05, 0.1) is 44.9 Å². The highest BCUT2D eigenvalue weighted by molar-refractivity contribution is 6.46. The fourth-order valence-corrected chi connectivity index (χ4v) is 3.78. The Morgan fingerprint density at radius 3 is 2.43 bits per heavy atom. The molecule has 2 N–H and O–H groups in total. The van der Waals surface area contributed by atoms with E-state index in [9.17, 15) is 14.7 Å². The second kappa shape index (κ2) is 9.54. The van der Waals surface area contributed by atoms with Crippen LogP contribution < -0.4 is 9.64 Å². The number of carbonyl (C=O) groups excluding carboxylic acids is 2. The number of hydrogen-bond acceptors (Lipinski definition) is 5. The summed E-state index contributed by atoms with van der Waals surface area (Å²) in [5, 5.41) is 11.0. The number of Topliss-reactive ketones (excluding diaryl/α,β-unsaturated/α-hetero) is 1. The number of nitrogens with zero attached hydrogens (tertiary/aromatic N) is 2. The van der Waals surface area contributed by atoms with Crippen LogP contribution in [0, 0.1) is 0 Å². The number of methoxy groups -OCH3 is 1. The Balaban J connectivity index is 2.05. The zero-order valence-electron chi connectivity index (χ0n) is 17.6. The Morgan fingerprint density at radius 2 is 1.87 bits per heavy atom. The molecule has 0 aliphatic carbocycles. The largest absolute Gasteiger partial charge is 0.507 e. The van der Waals surface area contributed by atoms with Crippen LogP contribution in [0.1, 0.15) is 31.0 Å². The zero-order valence-corrected chi connectivity index (χ0v) is 17.6. The molecule has 1 saturated heterocycles. The van der Waals surface area contributed by atoms with E-state index in [0.717, 1.165) is 19.6 Å². The van der Waals surface area contributed by atoms with Crippen LogP contribution in [0.5, 0.6) is 5.75 Å². The van der Waals surface area contributed by atoms with E-state index in [1.54, 1.807) is 54.7 Å². The highest BCUT2D eigenvalue weighted by atomic mass is 16.5. The SMILES string of the molecule is CC[NH+](CC)CCN1C(=O)C(=O)C(=C(O)c2ccc(OC)cc2)[C@@H]1c1cccnc1. The number of carbonyl (C=O) groups is 2. The van der Waals surface area contributed by atoms with Gasteiger partial charge in [-0.1, -0.05) is 6.07 Å². The highest BCUT2D eigenvalue weighted by Gasteiger charge is 2.46. The summed E-state index contributed by atoms with van der Waals surface area (Å²) in [7, 11) is 1.56. The standard InChI is InChI=1S/C23H27N3O4/c1-4-25(5-2)13-14-26-20(17-7-6-12-24-15-17)19(22(28)23(26)29)21(27)16-8-10-18(30-3)11-9-16/h6-12,15,20,27H,4-5,13-14H2,1-3H3/p+1/t20-/m0/s1. The minimum Gasteiger partial charge on any atom is -0.507 e. The van der Waals surface area contributed by atoms with E-state index in [4.69, 9.17) is 4.74 Å². The Labute approximate surface area is 176 Å². The van der Waals surface area contributed by atoms with Crippen molar-refractivity contribution in [3.8, 4) is 5.75 Å². The van der Waals surface area contributed by atoms with E-state index in [1.165, 1.54) is 4.90 Å². The molecule has 0 unspecified atom stereocenters. The van der Waals surface area contributed by atoms with Crippen LogP contribution in [0.25, 0.3) is 5.76 Å². The molecule has 7 nitrogen and oxygen atoms in total. The molecule has 1 amide bonds. The molecule has 158 valence electrons. The van der Waals surface area contributed by atoms with E-state index in [2.05, 4.69) is 18.8 Å². The van der Waals surface area contributed by atoms with E-state index >= 15 is 0 Å². The van der Waals surface area contributed by atoms with Crippen molar-refractivity contribution in [2.75, 3.05) is 33.3 Å². The van der Waals surface area contributed by atoms with Gasteiger partial charge in [0.15, 0.2) is 0 Å². The number of aliphatic hydroxyl groups is 1. The maximum absolute atomic E-state index is 13.0. The number of nitrogens with one attached hydrogen (secondary N) is 1. The molecule has 30 heavy (non-hydrogen) atoms. The van der Waals surface area contributed by atoms with Crippen LogP contribution in [-0.4, -0.2) is 60.0 Å². The molecule has 1 aromatic carbocycles. The average molecular weight is 410 g/mol. The summed E-state index contributed by atoms with van der Waals surface area (Å²) in [5.41, 5.74) is 1.24. The number of pyridine rings is 1. The average Bonchev–Trinajstić information content (AvgIpc) is 3.05. The molecule has 1 aromatic heterocycles. The third kappa shape index (κ3) is 4.21. The first-order valence-electron chi connectivity index (χ1n) is 10.2. The normalized spacial score (nSPS) is 18.3. The molecule has 1 atom stereocenters. The van der Waals surface area contributed by atoms with Crippen LogP contribution in [-0.2, 0) is 9.59 Å². The lowest BCUT2D eigenvalue weighted by Crippen LogP contribution is -3.12. The third-order valence-corrected chi connectivity index (χ3v) is 5.61. The number of benzene rings is 1. The van der Waals surface area contributed by atoms with Gasteiger partial charge in [-0.05, 0) is 49.7 Å². The molecule has 3 rings (SSSR count). The number of aliphatic hydroxyl groups excluding tert-OH is 1. The summed E-state index contributed by atoms with van der Waals surface area (Å²) in [5.74, 6) is -0.822. The Hall–Kier alpha value is -3.19. The Morgan fingerprint density at radius 1 is 1.17 bits per heavy atom. The lowest BCUT2D eigenvalue weighted by Gasteiger charge is -2.26. The maximum atomic E-state index is 13.0. The highest BCUT2D eigenvalue weighted by Crippen LogP contribution is 2.38. The molecular weight excluding hydrogens is 382 g/mol. The monoisotopic (exact) mass is 410 g/mol. The zero-order chi connectivity index (χ0) is 21.7. The van der Waals surface area contributed by atoms with E-state index in [1.807, 2.05) is 6.07 Å². The number of likely N-dealkylation sites (tertiary alicyclic amines) is 1. The molecular formula is C23H28N3O4+. The van der Waals surface area contributed by atoms with E-state index in [-0.39, 0.29) is 11.3 Å². The van der Waals surface area contributed by atoms with Crippen molar-refractivity contribution in [1.82, 2.24) is 9.88 Å². The molecule has 0 saturated carbocycles. The number of aromatic nitrogens is 1. The second-order valence-corrected chi connectivity index (χ2v) is 7.21. The van der Waals surface area contributed by atoms with Gasteiger partial charge in [0.2, 0.25) is 0 Å². The predicted molar refractivity (Wildman–Crippen MR) is 113 cm³/mol. The number of rotatable bonds is 8. The molecule has 1 aliphatic rings. The first kappa shape index (κ1) is 21.5. The van der Waals surface area contributed by atoms with Crippen molar-refractivity contribution >= 4 is 17.4 Å². The van der Waals surface area contributed by atoms with Crippen LogP contribution in [0.4, 0.5) is 0 Å². The van der Waals surface area contributed by atoms with Crippen molar-refractivity contribution in [2.45, 2.75) is 19.9 Å².